The first-order valence-electron chi connectivity index (χ1n) is 7.53. The molecule has 0 saturated heterocycles. The first kappa shape index (κ1) is 16.5. The first-order valence-corrected chi connectivity index (χ1v) is 7.53. The second kappa shape index (κ2) is 7.42. The number of aromatic amines is 1. The van der Waals surface area contributed by atoms with Gasteiger partial charge in [0.05, 0.1) is 12.1 Å². The number of aliphatic hydroxyl groups excluding tert-OH is 1. The first-order chi connectivity index (χ1) is 10.6. The van der Waals surface area contributed by atoms with Crippen LogP contribution in [0.3, 0.4) is 0 Å². The van der Waals surface area contributed by atoms with Crippen LogP contribution in [0.1, 0.15) is 25.3 Å². The molecule has 0 spiro atoms. The average Bonchev–Trinajstić information content (AvgIpc) is 2.92. The number of fused-ring (bicyclic) bond motifs is 1. The summed E-state index contributed by atoms with van der Waals surface area (Å²) in [6.45, 7) is 2.29. The van der Waals surface area contributed by atoms with Gasteiger partial charge in [-0.1, -0.05) is 6.07 Å². The maximum Gasteiger partial charge on any atom is 0.220 e. The molecule has 0 radical (unpaired) electrons. The molecule has 0 aliphatic carbocycles. The number of nitrogens with one attached hydrogen (secondary N) is 2. The minimum Gasteiger partial charge on any atom is -0.396 e. The van der Waals surface area contributed by atoms with Gasteiger partial charge in [-0.15, -0.1) is 0 Å². The van der Waals surface area contributed by atoms with Gasteiger partial charge in [0.2, 0.25) is 5.91 Å². The van der Waals surface area contributed by atoms with E-state index in [2.05, 4.69) is 16.4 Å². The fourth-order valence-electron chi connectivity index (χ4n) is 2.65. The molecule has 22 heavy (non-hydrogen) atoms. The van der Waals surface area contributed by atoms with Crippen molar-refractivity contribution in [2.75, 3.05) is 20.3 Å². The smallest absolute Gasteiger partial charge is 0.220 e. The zero-order valence-electron chi connectivity index (χ0n) is 13.2. The van der Waals surface area contributed by atoms with Crippen molar-refractivity contribution in [3.05, 3.63) is 36.0 Å². The van der Waals surface area contributed by atoms with Gasteiger partial charge in [-0.3, -0.25) is 4.79 Å². The van der Waals surface area contributed by atoms with Crippen LogP contribution in [0, 0.1) is 0 Å². The van der Waals surface area contributed by atoms with Gasteiger partial charge in [-0.05, 0) is 48.9 Å². The Morgan fingerprint density at radius 1 is 1.41 bits per heavy atom. The molecule has 1 amide bonds. The van der Waals surface area contributed by atoms with Crippen LogP contribution in [0.15, 0.2) is 30.5 Å². The number of aliphatic hydroxyl groups is 1. The molecule has 1 aromatic heterocycles. The molecule has 5 heteroatoms. The quantitative estimate of drug-likeness (QED) is 0.698. The topological polar surface area (TPSA) is 74.3 Å². The Labute approximate surface area is 130 Å². The molecule has 0 saturated carbocycles. The minimum atomic E-state index is -0.523. The third-order valence-corrected chi connectivity index (χ3v) is 3.83. The standard InChI is InChI=1S/C17H24N2O3/c1-17(8-10-20,12-22-2)19-16(21)6-4-13-3-5-15-14(11-13)7-9-18-15/h3,5,7,9,11,18,20H,4,6,8,10,12H2,1-2H3,(H,19,21). The van der Waals surface area contributed by atoms with Gasteiger partial charge in [0.25, 0.3) is 0 Å². The Balaban J connectivity index is 1.91. The van der Waals surface area contributed by atoms with E-state index in [-0.39, 0.29) is 12.5 Å². The summed E-state index contributed by atoms with van der Waals surface area (Å²) in [7, 11) is 1.59. The predicted octanol–water partition coefficient (Wildman–Crippen LogP) is 2.00. The zero-order valence-corrected chi connectivity index (χ0v) is 13.2. The van der Waals surface area contributed by atoms with Crippen molar-refractivity contribution in [3.63, 3.8) is 0 Å². The number of methoxy groups -OCH3 is 1. The van der Waals surface area contributed by atoms with Gasteiger partial charge in [-0.2, -0.15) is 0 Å². The molecule has 120 valence electrons. The number of hydrogen-bond donors (Lipinski definition) is 3. The number of hydrogen-bond acceptors (Lipinski definition) is 3. The molecule has 1 atom stereocenters. The van der Waals surface area contributed by atoms with Gasteiger partial charge in [0.15, 0.2) is 0 Å². The van der Waals surface area contributed by atoms with Crippen LogP contribution in [0.25, 0.3) is 10.9 Å². The number of carbonyl (C=O) groups is 1. The van der Waals surface area contributed by atoms with Gasteiger partial charge in [-0.25, -0.2) is 0 Å². The molecule has 0 aliphatic rings. The van der Waals surface area contributed by atoms with E-state index >= 15 is 0 Å². The van der Waals surface area contributed by atoms with Gasteiger partial charge in [0, 0.05) is 31.9 Å². The molecule has 0 fully saturated rings. The van der Waals surface area contributed by atoms with E-state index in [0.29, 0.717) is 25.9 Å². The highest BCUT2D eigenvalue weighted by Crippen LogP contribution is 2.16. The number of ether oxygens (including phenoxy) is 1. The number of carbonyl (C=O) groups excluding carboxylic acids is 1. The summed E-state index contributed by atoms with van der Waals surface area (Å²) in [5.74, 6) is -0.0258. The molecule has 1 aromatic carbocycles. The zero-order chi connectivity index (χ0) is 16.0. The number of aryl methyl sites for hydroxylation is 1. The van der Waals surface area contributed by atoms with E-state index in [1.165, 1.54) is 0 Å². The number of rotatable bonds is 8. The van der Waals surface area contributed by atoms with E-state index in [9.17, 15) is 4.79 Å². The van der Waals surface area contributed by atoms with Crippen LogP contribution in [0.4, 0.5) is 0 Å². The average molecular weight is 304 g/mol. The fourth-order valence-corrected chi connectivity index (χ4v) is 2.65. The highest BCUT2D eigenvalue weighted by molar-refractivity contribution is 5.80. The summed E-state index contributed by atoms with van der Waals surface area (Å²) in [6.07, 6.45) is 3.49. The number of H-pyrrole nitrogens is 1. The van der Waals surface area contributed by atoms with Crippen molar-refractivity contribution < 1.29 is 14.6 Å². The summed E-state index contributed by atoms with van der Waals surface area (Å²) in [6, 6.07) is 8.19. The second-order valence-corrected chi connectivity index (χ2v) is 5.91. The molecule has 2 rings (SSSR count). The highest BCUT2D eigenvalue weighted by Gasteiger charge is 2.25. The van der Waals surface area contributed by atoms with Crippen molar-refractivity contribution in [1.29, 1.82) is 0 Å². The SMILES string of the molecule is COCC(C)(CCO)NC(=O)CCc1ccc2[nH]ccc2c1. The van der Waals surface area contributed by atoms with Crippen LogP contribution < -0.4 is 5.32 Å². The van der Waals surface area contributed by atoms with Crippen LogP contribution in [-0.4, -0.2) is 41.9 Å². The Kier molecular flexibility index (Phi) is 5.57. The molecule has 2 aromatic rings. The molecule has 5 nitrogen and oxygen atoms in total. The lowest BCUT2D eigenvalue weighted by Crippen LogP contribution is -2.50. The highest BCUT2D eigenvalue weighted by atomic mass is 16.5. The van der Waals surface area contributed by atoms with E-state index in [0.717, 1.165) is 16.5 Å². The lowest BCUT2D eigenvalue weighted by atomic mass is 9.98. The van der Waals surface area contributed by atoms with Crippen molar-refractivity contribution in [2.45, 2.75) is 31.7 Å². The van der Waals surface area contributed by atoms with Crippen LogP contribution >= 0.6 is 0 Å². The Hall–Kier alpha value is -1.85. The number of aromatic nitrogens is 1. The second-order valence-electron chi connectivity index (χ2n) is 5.91. The molecular formula is C17H24N2O3. The third kappa shape index (κ3) is 4.32. The maximum absolute atomic E-state index is 12.1. The van der Waals surface area contributed by atoms with E-state index < -0.39 is 5.54 Å². The van der Waals surface area contributed by atoms with E-state index in [4.69, 9.17) is 9.84 Å². The third-order valence-electron chi connectivity index (χ3n) is 3.83. The maximum atomic E-state index is 12.1. The van der Waals surface area contributed by atoms with Crippen LogP contribution in [0.2, 0.25) is 0 Å². The van der Waals surface area contributed by atoms with Gasteiger partial charge >= 0.3 is 0 Å². The number of amides is 1. The molecule has 1 heterocycles. The number of benzene rings is 1. The summed E-state index contributed by atoms with van der Waals surface area (Å²) in [4.78, 5) is 15.3. The van der Waals surface area contributed by atoms with Crippen molar-refractivity contribution in [3.8, 4) is 0 Å². The van der Waals surface area contributed by atoms with E-state index in [1.807, 2.05) is 31.3 Å². The van der Waals surface area contributed by atoms with Crippen molar-refractivity contribution in [2.24, 2.45) is 0 Å². The molecule has 0 bridgehead atoms. The Bertz CT molecular complexity index is 615. The molecular weight excluding hydrogens is 280 g/mol. The molecule has 3 N–H and O–H groups in total. The summed E-state index contributed by atoms with van der Waals surface area (Å²) in [5, 5.41) is 13.2. The lowest BCUT2D eigenvalue weighted by Gasteiger charge is -2.29. The molecule has 1 unspecified atom stereocenters. The molecule has 0 aliphatic heterocycles. The predicted molar refractivity (Wildman–Crippen MR) is 86.7 cm³/mol. The minimum absolute atomic E-state index is 0.0182. The summed E-state index contributed by atoms with van der Waals surface area (Å²) in [5.41, 5.74) is 1.72. The van der Waals surface area contributed by atoms with Crippen LogP contribution in [-0.2, 0) is 16.0 Å². The fraction of sp³-hybridized carbons (Fsp3) is 0.471. The lowest BCUT2D eigenvalue weighted by molar-refractivity contribution is -0.123. The summed E-state index contributed by atoms with van der Waals surface area (Å²) < 4.78 is 5.13. The normalized spacial score (nSPS) is 14.0. The summed E-state index contributed by atoms with van der Waals surface area (Å²) >= 11 is 0. The largest absolute Gasteiger partial charge is 0.396 e. The van der Waals surface area contributed by atoms with E-state index in [1.54, 1.807) is 7.11 Å². The van der Waals surface area contributed by atoms with Gasteiger partial charge in [0.1, 0.15) is 0 Å². The van der Waals surface area contributed by atoms with Crippen molar-refractivity contribution >= 4 is 16.8 Å². The monoisotopic (exact) mass is 304 g/mol. The van der Waals surface area contributed by atoms with Crippen molar-refractivity contribution in [1.82, 2.24) is 10.3 Å². The van der Waals surface area contributed by atoms with Gasteiger partial charge < -0.3 is 20.1 Å². The van der Waals surface area contributed by atoms with Crippen LogP contribution in [0.5, 0.6) is 0 Å². The Morgan fingerprint density at radius 3 is 2.95 bits per heavy atom. The Morgan fingerprint density at radius 2 is 2.23 bits per heavy atom.